The molecule has 1 N–H and O–H groups in total. The van der Waals surface area contributed by atoms with E-state index in [1.54, 1.807) is 30.5 Å². The van der Waals surface area contributed by atoms with Gasteiger partial charge in [0.15, 0.2) is 0 Å². The molecular formula is C15H15ClN2O. The predicted octanol–water partition coefficient (Wildman–Crippen LogP) is 4.01. The SMILES string of the molecule is CCN=C1C=CC(=CN(O)c2ccc(Cl)cc2)C=C1. The maximum absolute atomic E-state index is 9.95. The second-order valence-electron chi connectivity index (χ2n) is 4.02. The van der Waals surface area contributed by atoms with Gasteiger partial charge < -0.3 is 0 Å². The quantitative estimate of drug-likeness (QED) is 0.846. The first-order valence-corrected chi connectivity index (χ1v) is 6.43. The Morgan fingerprint density at radius 2 is 1.79 bits per heavy atom. The molecule has 1 aliphatic rings. The number of halogens is 1. The fourth-order valence-corrected chi connectivity index (χ4v) is 1.78. The molecule has 98 valence electrons. The maximum Gasteiger partial charge on any atom is 0.0687 e. The molecule has 0 amide bonds. The first-order valence-electron chi connectivity index (χ1n) is 6.05. The van der Waals surface area contributed by atoms with Crippen LogP contribution in [0.3, 0.4) is 0 Å². The normalized spacial score (nSPS) is 13.6. The highest BCUT2D eigenvalue weighted by molar-refractivity contribution is 6.30. The minimum atomic E-state index is 0.641. The summed E-state index contributed by atoms with van der Waals surface area (Å²) >= 11 is 5.80. The van der Waals surface area contributed by atoms with E-state index >= 15 is 0 Å². The Hall–Kier alpha value is -1.84. The smallest absolute Gasteiger partial charge is 0.0687 e. The van der Waals surface area contributed by atoms with Gasteiger partial charge in [-0.3, -0.25) is 10.2 Å². The van der Waals surface area contributed by atoms with Gasteiger partial charge in [-0.1, -0.05) is 23.8 Å². The van der Waals surface area contributed by atoms with Crippen molar-refractivity contribution in [2.45, 2.75) is 6.92 Å². The number of rotatable bonds is 3. The Kier molecular flexibility index (Phi) is 4.55. The summed E-state index contributed by atoms with van der Waals surface area (Å²) in [4.78, 5) is 4.29. The van der Waals surface area contributed by atoms with Crippen LogP contribution in [0.4, 0.5) is 5.69 Å². The third-order valence-corrected chi connectivity index (χ3v) is 2.85. The molecule has 19 heavy (non-hydrogen) atoms. The van der Waals surface area contributed by atoms with Gasteiger partial charge >= 0.3 is 0 Å². The molecule has 0 heterocycles. The third-order valence-electron chi connectivity index (χ3n) is 2.60. The number of anilines is 1. The molecule has 0 bridgehead atoms. The van der Waals surface area contributed by atoms with Crippen LogP contribution in [0, 0.1) is 0 Å². The first kappa shape index (κ1) is 13.6. The number of hydroxylamine groups is 1. The fraction of sp³-hybridized carbons (Fsp3) is 0.133. The van der Waals surface area contributed by atoms with Crippen LogP contribution in [-0.4, -0.2) is 17.5 Å². The molecule has 0 aromatic heterocycles. The second-order valence-corrected chi connectivity index (χ2v) is 4.45. The first-order chi connectivity index (χ1) is 9.19. The van der Waals surface area contributed by atoms with Crippen molar-refractivity contribution in [2.24, 2.45) is 4.99 Å². The van der Waals surface area contributed by atoms with Crippen LogP contribution in [0.2, 0.25) is 5.02 Å². The molecule has 1 aromatic rings. The van der Waals surface area contributed by atoms with E-state index < -0.39 is 0 Å². The molecule has 1 aromatic carbocycles. The summed E-state index contributed by atoms with van der Waals surface area (Å²) in [5.74, 6) is 0. The zero-order valence-corrected chi connectivity index (χ0v) is 11.4. The van der Waals surface area contributed by atoms with Crippen molar-refractivity contribution in [3.8, 4) is 0 Å². The molecule has 0 aliphatic heterocycles. The van der Waals surface area contributed by atoms with E-state index in [9.17, 15) is 5.21 Å². The van der Waals surface area contributed by atoms with Crippen LogP contribution >= 0.6 is 11.6 Å². The lowest BCUT2D eigenvalue weighted by Crippen LogP contribution is -2.10. The van der Waals surface area contributed by atoms with Crippen LogP contribution in [0.25, 0.3) is 0 Å². The molecule has 0 fully saturated rings. The monoisotopic (exact) mass is 274 g/mol. The predicted molar refractivity (Wildman–Crippen MR) is 80.1 cm³/mol. The zero-order chi connectivity index (χ0) is 13.7. The molecule has 4 heteroatoms. The van der Waals surface area contributed by atoms with Gasteiger partial charge in [-0.25, -0.2) is 5.06 Å². The minimum absolute atomic E-state index is 0.641. The number of nitrogens with zero attached hydrogens (tertiary/aromatic N) is 2. The highest BCUT2D eigenvalue weighted by atomic mass is 35.5. The van der Waals surface area contributed by atoms with E-state index in [1.165, 1.54) is 0 Å². The van der Waals surface area contributed by atoms with Gasteiger partial charge in [-0.05, 0) is 48.9 Å². The van der Waals surface area contributed by atoms with Gasteiger partial charge in [-0.2, -0.15) is 0 Å². The van der Waals surface area contributed by atoms with Gasteiger partial charge in [0.2, 0.25) is 0 Å². The van der Waals surface area contributed by atoms with Gasteiger partial charge in [-0.15, -0.1) is 0 Å². The standard InChI is InChI=1S/C15H15ClN2O/c1-2-17-14-7-3-12(4-8-14)11-18(19)15-9-5-13(16)6-10-15/h3-11,19H,2H2,1H3. The summed E-state index contributed by atoms with van der Waals surface area (Å²) in [6.45, 7) is 2.76. The Morgan fingerprint density at radius 1 is 1.16 bits per heavy atom. The summed E-state index contributed by atoms with van der Waals surface area (Å²) in [5, 5.41) is 11.7. The highest BCUT2D eigenvalue weighted by Crippen LogP contribution is 2.18. The van der Waals surface area contributed by atoms with Crippen molar-refractivity contribution in [3.63, 3.8) is 0 Å². The topological polar surface area (TPSA) is 35.8 Å². The summed E-state index contributed by atoms with van der Waals surface area (Å²) in [5.41, 5.74) is 2.50. The summed E-state index contributed by atoms with van der Waals surface area (Å²) in [6, 6.07) is 6.97. The van der Waals surface area contributed by atoms with Crippen LogP contribution in [0.15, 0.2) is 65.3 Å². The largest absolute Gasteiger partial charge is 0.286 e. The van der Waals surface area contributed by atoms with Crippen molar-refractivity contribution >= 4 is 23.0 Å². The van der Waals surface area contributed by atoms with Crippen molar-refractivity contribution in [3.05, 3.63) is 65.4 Å². The summed E-state index contributed by atoms with van der Waals surface area (Å²) < 4.78 is 0. The Morgan fingerprint density at radius 3 is 2.37 bits per heavy atom. The molecule has 0 spiro atoms. The Labute approximate surface area is 117 Å². The van der Waals surface area contributed by atoms with Gasteiger partial charge in [0.05, 0.1) is 11.4 Å². The molecule has 1 aliphatic carbocycles. The lowest BCUT2D eigenvalue weighted by atomic mass is 10.1. The van der Waals surface area contributed by atoms with E-state index in [2.05, 4.69) is 4.99 Å². The number of allylic oxidation sites excluding steroid dienone is 5. The van der Waals surface area contributed by atoms with E-state index in [0.717, 1.165) is 22.9 Å². The number of hydrogen-bond donors (Lipinski definition) is 1. The molecule has 0 radical (unpaired) electrons. The van der Waals surface area contributed by atoms with E-state index in [0.29, 0.717) is 10.7 Å². The van der Waals surface area contributed by atoms with Crippen molar-refractivity contribution in [1.29, 1.82) is 0 Å². The van der Waals surface area contributed by atoms with Crippen LogP contribution < -0.4 is 5.06 Å². The van der Waals surface area contributed by atoms with Crippen LogP contribution in [-0.2, 0) is 0 Å². The van der Waals surface area contributed by atoms with Crippen LogP contribution in [0.5, 0.6) is 0 Å². The second kappa shape index (κ2) is 6.36. The lowest BCUT2D eigenvalue weighted by molar-refractivity contribution is 0.295. The highest BCUT2D eigenvalue weighted by Gasteiger charge is 2.02. The van der Waals surface area contributed by atoms with Gasteiger partial charge in [0, 0.05) is 17.8 Å². The average molecular weight is 275 g/mol. The minimum Gasteiger partial charge on any atom is -0.286 e. The van der Waals surface area contributed by atoms with E-state index in [-0.39, 0.29) is 0 Å². The van der Waals surface area contributed by atoms with Crippen LogP contribution in [0.1, 0.15) is 6.92 Å². The van der Waals surface area contributed by atoms with E-state index in [1.807, 2.05) is 31.2 Å². The summed E-state index contributed by atoms with van der Waals surface area (Å²) in [7, 11) is 0. The zero-order valence-electron chi connectivity index (χ0n) is 10.6. The molecular weight excluding hydrogens is 260 g/mol. The van der Waals surface area contributed by atoms with Crippen molar-refractivity contribution in [2.75, 3.05) is 11.6 Å². The van der Waals surface area contributed by atoms with Crippen molar-refractivity contribution < 1.29 is 5.21 Å². The number of hydrogen-bond acceptors (Lipinski definition) is 3. The third kappa shape index (κ3) is 3.81. The Balaban J connectivity index is 2.11. The van der Waals surface area contributed by atoms with E-state index in [4.69, 9.17) is 11.6 Å². The maximum atomic E-state index is 9.95. The van der Waals surface area contributed by atoms with Gasteiger partial charge in [0.25, 0.3) is 0 Å². The van der Waals surface area contributed by atoms with Gasteiger partial charge in [0.1, 0.15) is 0 Å². The number of aliphatic imine (C=N–C) groups is 1. The molecule has 3 nitrogen and oxygen atoms in total. The van der Waals surface area contributed by atoms with Crippen molar-refractivity contribution in [1.82, 2.24) is 0 Å². The fourth-order valence-electron chi connectivity index (χ4n) is 1.66. The summed E-state index contributed by atoms with van der Waals surface area (Å²) in [6.07, 6.45) is 9.30. The molecule has 0 atom stereocenters. The average Bonchev–Trinajstić information content (AvgIpc) is 2.42. The Bertz CT molecular complexity index is 538. The molecule has 0 saturated carbocycles. The molecule has 0 saturated heterocycles. The molecule has 0 unspecified atom stereocenters. The molecule has 2 rings (SSSR count). The lowest BCUT2D eigenvalue weighted by Gasteiger charge is -2.13. The number of benzene rings is 1.